The van der Waals surface area contributed by atoms with Crippen molar-refractivity contribution in [2.75, 3.05) is 72.9 Å². The van der Waals surface area contributed by atoms with E-state index >= 15 is 0 Å². The van der Waals surface area contributed by atoms with Crippen LogP contribution in [0.1, 0.15) is 106 Å². The van der Waals surface area contributed by atoms with Crippen LogP contribution in [0.15, 0.2) is 60.8 Å². The molecule has 0 aliphatic carbocycles. The SMILES string of the molecule is CC[C@@H](NC(=O)[C@@H]1C[C@H](NCCOCCOCCC(=O)N(C)CCn2nc(C#N)c3c2CN(C)C(=O)c2ccc(F)cc2[C@@H](C)Oc2cc-3cnc2N)CN1C(=O)C(NC(=O)[C@H](C)NC)C(C)(C)C)c1ccccc1. The van der Waals surface area contributed by atoms with Crippen LogP contribution in [0, 0.1) is 22.6 Å². The molecule has 6 N–H and O–H groups in total. The Hall–Kier alpha value is -6.99. The van der Waals surface area contributed by atoms with Crippen LogP contribution in [-0.4, -0.2) is 150 Å². The first-order chi connectivity index (χ1) is 35.7. The zero-order chi connectivity index (χ0) is 54.6. The Labute approximate surface area is 438 Å². The van der Waals surface area contributed by atoms with Crippen molar-refractivity contribution in [2.45, 2.75) is 110 Å². The lowest BCUT2D eigenvalue weighted by molar-refractivity contribution is -0.144. The molecule has 0 spiro atoms. The van der Waals surface area contributed by atoms with Gasteiger partial charge in [0.05, 0.1) is 63.7 Å². The van der Waals surface area contributed by atoms with E-state index in [2.05, 4.69) is 37.4 Å². The molecule has 5 amide bonds. The van der Waals surface area contributed by atoms with Crippen molar-refractivity contribution >= 4 is 35.4 Å². The van der Waals surface area contributed by atoms with Crippen molar-refractivity contribution in [3.05, 3.63) is 94.7 Å². The summed E-state index contributed by atoms with van der Waals surface area (Å²) in [4.78, 5) is 77.6. The maximum absolute atomic E-state index is 14.5. The molecule has 2 aromatic heterocycles. The third-order valence-corrected chi connectivity index (χ3v) is 13.7. The Morgan fingerprint density at radius 1 is 1.05 bits per heavy atom. The van der Waals surface area contributed by atoms with E-state index in [1.54, 1.807) is 55.5 Å². The average Bonchev–Trinajstić information content (AvgIpc) is 3.98. The molecule has 2 aromatic carbocycles. The summed E-state index contributed by atoms with van der Waals surface area (Å²) in [6.45, 7) is 13.2. The third kappa shape index (κ3) is 14.4. The van der Waals surface area contributed by atoms with Crippen LogP contribution in [0.2, 0.25) is 0 Å². The highest BCUT2D eigenvalue weighted by Gasteiger charge is 2.45. The minimum Gasteiger partial charge on any atom is -0.482 e. The lowest BCUT2D eigenvalue weighted by Crippen LogP contribution is -2.59. The lowest BCUT2D eigenvalue weighted by atomic mass is 9.85. The Balaban J connectivity index is 0.993. The minimum absolute atomic E-state index is 0.0177. The number of aromatic nitrogens is 3. The fourth-order valence-corrected chi connectivity index (χ4v) is 9.17. The maximum atomic E-state index is 14.5. The molecular weight excluding hydrogens is 964 g/mol. The van der Waals surface area contributed by atoms with Gasteiger partial charge in [-0.15, -0.1) is 0 Å². The van der Waals surface area contributed by atoms with Gasteiger partial charge in [-0.05, 0) is 69.0 Å². The topological polar surface area (TPSA) is 251 Å². The Bertz CT molecular complexity index is 2690. The van der Waals surface area contributed by atoms with Gasteiger partial charge in [-0.3, -0.25) is 28.7 Å². The minimum atomic E-state index is -0.878. The predicted octanol–water partition coefficient (Wildman–Crippen LogP) is 4.11. The van der Waals surface area contributed by atoms with Gasteiger partial charge in [0.15, 0.2) is 17.3 Å². The van der Waals surface area contributed by atoms with Crippen LogP contribution in [0.3, 0.4) is 0 Å². The number of benzene rings is 2. The highest BCUT2D eigenvalue weighted by atomic mass is 19.1. The van der Waals surface area contributed by atoms with E-state index in [9.17, 15) is 33.6 Å². The molecule has 1 saturated heterocycles. The van der Waals surface area contributed by atoms with Gasteiger partial charge in [0.25, 0.3) is 5.91 Å². The molecule has 6 rings (SSSR count). The first-order valence-electron chi connectivity index (χ1n) is 25.5. The molecule has 4 heterocycles. The van der Waals surface area contributed by atoms with E-state index in [1.165, 1.54) is 29.3 Å². The van der Waals surface area contributed by atoms with E-state index in [1.807, 2.05) is 58.0 Å². The van der Waals surface area contributed by atoms with E-state index in [0.717, 1.165) is 5.56 Å². The maximum Gasteiger partial charge on any atom is 0.254 e. The number of rotatable bonds is 21. The second kappa shape index (κ2) is 26.0. The summed E-state index contributed by atoms with van der Waals surface area (Å²) < 4.78 is 33.8. The quantitative estimate of drug-likeness (QED) is 0.0738. The van der Waals surface area contributed by atoms with Gasteiger partial charge in [-0.2, -0.15) is 10.4 Å². The molecule has 1 unspecified atom stereocenters. The van der Waals surface area contributed by atoms with Crippen LogP contribution in [-0.2, 0) is 41.7 Å². The second-order valence-electron chi connectivity index (χ2n) is 20.1. The largest absolute Gasteiger partial charge is 0.482 e. The van der Waals surface area contributed by atoms with Crippen molar-refractivity contribution in [2.24, 2.45) is 5.41 Å². The van der Waals surface area contributed by atoms with E-state index in [-0.39, 0.29) is 111 Å². The number of hydrogen-bond donors (Lipinski definition) is 5. The Morgan fingerprint density at radius 3 is 2.45 bits per heavy atom. The average molecular weight is 1040 g/mol. The summed E-state index contributed by atoms with van der Waals surface area (Å²) in [7, 11) is 4.94. The number of amides is 5. The molecule has 1 fully saturated rings. The number of anilines is 1. The van der Waals surface area contributed by atoms with Crippen LogP contribution >= 0.6 is 0 Å². The predicted molar refractivity (Wildman–Crippen MR) is 279 cm³/mol. The van der Waals surface area contributed by atoms with Gasteiger partial charge in [0.2, 0.25) is 23.6 Å². The summed E-state index contributed by atoms with van der Waals surface area (Å²) in [5.74, 6) is -1.75. The van der Waals surface area contributed by atoms with Gasteiger partial charge in [-0.25, -0.2) is 9.37 Å². The summed E-state index contributed by atoms with van der Waals surface area (Å²) in [5.41, 5.74) is 8.60. The van der Waals surface area contributed by atoms with Crippen molar-refractivity contribution in [3.8, 4) is 22.9 Å². The number of likely N-dealkylation sites (N-methyl/N-ethyl adjacent to an activating group) is 2. The number of pyridine rings is 1. The Kier molecular flexibility index (Phi) is 19.8. The van der Waals surface area contributed by atoms with Crippen LogP contribution in [0.5, 0.6) is 5.75 Å². The number of carbonyl (C=O) groups excluding carboxylic acids is 5. The second-order valence-corrected chi connectivity index (χ2v) is 20.1. The number of carbonyl (C=O) groups is 5. The molecule has 6 atom stereocenters. The monoisotopic (exact) mass is 1040 g/mol. The van der Waals surface area contributed by atoms with Gasteiger partial charge in [0, 0.05) is 68.2 Å². The first kappa shape index (κ1) is 57.3. The summed E-state index contributed by atoms with van der Waals surface area (Å²) >= 11 is 0. The zero-order valence-corrected chi connectivity index (χ0v) is 44.6. The highest BCUT2D eigenvalue weighted by Crippen LogP contribution is 2.36. The molecule has 2 bridgehead atoms. The van der Waals surface area contributed by atoms with Crippen molar-refractivity contribution in [1.82, 2.24) is 50.7 Å². The van der Waals surface area contributed by atoms with Crippen molar-refractivity contribution in [1.29, 1.82) is 5.26 Å². The molecule has 404 valence electrons. The third-order valence-electron chi connectivity index (χ3n) is 13.7. The number of nitrogens with two attached hydrogens (primary N) is 1. The molecule has 0 saturated carbocycles. The molecule has 4 aromatic rings. The summed E-state index contributed by atoms with van der Waals surface area (Å²) in [6, 6.07) is 14.8. The summed E-state index contributed by atoms with van der Waals surface area (Å²) in [5, 5.41) is 27.3. The van der Waals surface area contributed by atoms with Crippen molar-refractivity contribution in [3.63, 3.8) is 0 Å². The number of hydrogen-bond acceptors (Lipinski definition) is 14. The number of nitrogens with zero attached hydrogens (tertiary/aromatic N) is 7. The van der Waals surface area contributed by atoms with Crippen LogP contribution in [0.4, 0.5) is 10.2 Å². The normalized spacial score (nSPS) is 17.8. The summed E-state index contributed by atoms with van der Waals surface area (Å²) in [6.07, 6.45) is 1.85. The molecule has 2 aliphatic rings. The fourth-order valence-electron chi connectivity index (χ4n) is 9.17. The number of halogens is 1. The number of likely N-dealkylation sites (tertiary alicyclic amines) is 1. The molecule has 2 aliphatic heterocycles. The number of nitrogen functional groups attached to an aromatic ring is 1. The zero-order valence-electron chi connectivity index (χ0n) is 44.6. The van der Waals surface area contributed by atoms with Crippen LogP contribution in [0.25, 0.3) is 11.1 Å². The molecule has 20 nitrogen and oxygen atoms in total. The fraction of sp³-hybridized carbons (Fsp3) is 0.519. The molecular formula is C54H73FN12O8. The number of nitriles is 1. The van der Waals surface area contributed by atoms with Gasteiger partial charge < -0.3 is 55.9 Å². The van der Waals surface area contributed by atoms with Gasteiger partial charge >= 0.3 is 0 Å². The van der Waals surface area contributed by atoms with Crippen molar-refractivity contribution < 1.29 is 42.6 Å². The van der Waals surface area contributed by atoms with E-state index in [0.29, 0.717) is 48.4 Å². The number of nitrogens with one attached hydrogen (secondary N) is 4. The molecule has 0 radical (unpaired) electrons. The van der Waals surface area contributed by atoms with E-state index in [4.69, 9.17) is 19.9 Å². The number of fused-ring (bicyclic) bond motifs is 5. The smallest absolute Gasteiger partial charge is 0.254 e. The highest BCUT2D eigenvalue weighted by molar-refractivity contribution is 5.96. The van der Waals surface area contributed by atoms with Crippen LogP contribution < -0.4 is 31.7 Å². The molecule has 75 heavy (non-hydrogen) atoms. The first-order valence-corrected chi connectivity index (χ1v) is 25.5. The molecule has 21 heteroatoms. The lowest BCUT2D eigenvalue weighted by Gasteiger charge is -2.36. The number of ether oxygens (including phenoxy) is 3. The van der Waals surface area contributed by atoms with Gasteiger partial charge in [0.1, 0.15) is 30.1 Å². The standard InChI is InChI=1S/C54H73FN12O8/c1-10-41(35-14-12-11-13-15-35)61-51(70)43-28-38(31-66(43)53(72)48(54(4,5)6)62-50(69)33(2)58-7)59-19-23-74-25-24-73-22-18-46(68)64(8)20-21-67-44-32-65(9)52(71)39-17-16-37(55)27-40(39)34(3)75-45-26-36(30-60-49(45)57)47(44)42(29-56)63-67/h11-17,26-27,30,33-34,38,41,43,48,58-59H,10,18-25,28,31-32H2,1-9H3,(H2,57,60)(H,61,70)(H,62,69)/t33-,34+,38-,41+,43-,48?/m0/s1. The Morgan fingerprint density at radius 2 is 1.77 bits per heavy atom. The van der Waals surface area contributed by atoms with Gasteiger partial charge in [-0.1, -0.05) is 58.0 Å². The van der Waals surface area contributed by atoms with E-state index < -0.39 is 41.4 Å².